The summed E-state index contributed by atoms with van der Waals surface area (Å²) in [4.78, 5) is 56.1. The lowest BCUT2D eigenvalue weighted by atomic mass is 9.95. The first-order valence-electron chi connectivity index (χ1n) is 13.0. The Labute approximate surface area is 240 Å². The Morgan fingerprint density at radius 2 is 1.36 bits per heavy atom. The minimum atomic E-state index is -1.80. The minimum Gasteiger partial charge on any atom is -0.459 e. The molecular formula is C31H27N3O8. The lowest BCUT2D eigenvalue weighted by Crippen LogP contribution is -2.51. The monoisotopic (exact) mass is 569 g/mol. The lowest BCUT2D eigenvalue weighted by molar-refractivity contribution is -0.111. The lowest BCUT2D eigenvalue weighted by Gasteiger charge is -2.34. The molecule has 0 aliphatic carbocycles. The Morgan fingerprint density at radius 3 is 1.90 bits per heavy atom. The predicted octanol–water partition coefficient (Wildman–Crippen LogP) is 3.42. The zero-order valence-corrected chi connectivity index (χ0v) is 22.5. The second-order valence-corrected chi connectivity index (χ2v) is 9.66. The maximum absolute atomic E-state index is 13.4. The van der Waals surface area contributed by atoms with Crippen molar-refractivity contribution in [3.63, 3.8) is 0 Å². The van der Waals surface area contributed by atoms with Crippen molar-refractivity contribution >= 4 is 23.7 Å². The number of nitrogens with zero attached hydrogens (tertiary/aromatic N) is 2. The normalized spacial score (nSPS) is 21.3. The van der Waals surface area contributed by atoms with E-state index in [0.717, 1.165) is 4.57 Å². The molecule has 0 bridgehead atoms. The van der Waals surface area contributed by atoms with Crippen LogP contribution in [0.15, 0.2) is 108 Å². The summed E-state index contributed by atoms with van der Waals surface area (Å²) in [5.41, 5.74) is 3.83. The van der Waals surface area contributed by atoms with Crippen molar-refractivity contribution in [1.29, 1.82) is 0 Å². The number of aromatic nitrogens is 2. The molecule has 0 saturated carbocycles. The van der Waals surface area contributed by atoms with E-state index in [1.807, 2.05) is 0 Å². The number of nitrogens with two attached hydrogens (primary N) is 1. The first kappa shape index (κ1) is 28.2. The van der Waals surface area contributed by atoms with Gasteiger partial charge < -0.3 is 24.7 Å². The molecule has 1 aromatic heterocycles. The molecule has 0 radical (unpaired) electrons. The Balaban J connectivity index is 1.54. The van der Waals surface area contributed by atoms with Gasteiger partial charge in [-0.2, -0.15) is 4.98 Å². The summed E-state index contributed by atoms with van der Waals surface area (Å²) in [5.74, 6) is -2.18. The summed E-state index contributed by atoms with van der Waals surface area (Å²) < 4.78 is 24.7. The van der Waals surface area contributed by atoms with Crippen LogP contribution in [-0.2, 0) is 18.9 Å². The van der Waals surface area contributed by atoms with Crippen LogP contribution in [0.2, 0.25) is 0 Å². The number of benzene rings is 3. The van der Waals surface area contributed by atoms with Gasteiger partial charge in [0.2, 0.25) is 0 Å². The van der Waals surface area contributed by atoms with E-state index in [1.165, 1.54) is 19.2 Å². The van der Waals surface area contributed by atoms with Crippen molar-refractivity contribution < 1.29 is 33.3 Å². The van der Waals surface area contributed by atoms with Crippen molar-refractivity contribution in [3.05, 3.63) is 130 Å². The molecule has 11 nitrogen and oxygen atoms in total. The Hall–Kier alpha value is -5.29. The van der Waals surface area contributed by atoms with E-state index in [-0.39, 0.29) is 16.9 Å². The highest BCUT2D eigenvalue weighted by Gasteiger charge is 2.60. The molecule has 4 atom stereocenters. The molecule has 0 amide bonds. The van der Waals surface area contributed by atoms with Gasteiger partial charge in [0.05, 0.1) is 16.7 Å². The van der Waals surface area contributed by atoms with Crippen LogP contribution in [0.4, 0.5) is 5.82 Å². The van der Waals surface area contributed by atoms with E-state index >= 15 is 0 Å². The highest BCUT2D eigenvalue weighted by molar-refractivity contribution is 5.91. The molecule has 42 heavy (non-hydrogen) atoms. The number of carbonyl (C=O) groups excluding carboxylic acids is 3. The average Bonchev–Trinajstić information content (AvgIpc) is 3.27. The van der Waals surface area contributed by atoms with Gasteiger partial charge in [0.1, 0.15) is 18.5 Å². The molecule has 214 valence electrons. The standard InChI is InChI=1S/C31H27N3O8/c1-31(42-28(37)22-15-9-4-10-16-22)25(41-27(36)21-13-7-3-8-14-21)23(19-39-26(35)20-11-5-2-6-12-20)40-29(31)34-18-17-24(32)33-30(34)38/h2-18,23,25,29H,19H2,1H3,(H2,32,33,38)/t23-,25+,29?,31?/m1/s1. The number of nitrogen functional groups attached to an aromatic ring is 1. The van der Waals surface area contributed by atoms with Crippen LogP contribution in [0.25, 0.3) is 0 Å². The predicted molar refractivity (Wildman–Crippen MR) is 149 cm³/mol. The number of esters is 3. The zero-order chi connectivity index (χ0) is 29.7. The first-order valence-corrected chi connectivity index (χ1v) is 13.0. The summed E-state index contributed by atoms with van der Waals surface area (Å²) in [6.45, 7) is 1.08. The van der Waals surface area contributed by atoms with E-state index in [1.54, 1.807) is 91.0 Å². The molecule has 3 aromatic carbocycles. The number of hydrogen-bond donors (Lipinski definition) is 1. The molecule has 1 fully saturated rings. The summed E-state index contributed by atoms with van der Waals surface area (Å²) in [7, 11) is 0. The second-order valence-electron chi connectivity index (χ2n) is 9.66. The fraction of sp³-hybridized carbons (Fsp3) is 0.194. The molecule has 2 unspecified atom stereocenters. The molecular weight excluding hydrogens is 542 g/mol. The van der Waals surface area contributed by atoms with Crippen molar-refractivity contribution in [2.75, 3.05) is 12.3 Å². The smallest absolute Gasteiger partial charge is 0.351 e. The Morgan fingerprint density at radius 1 is 0.833 bits per heavy atom. The van der Waals surface area contributed by atoms with Gasteiger partial charge in [-0.25, -0.2) is 19.2 Å². The van der Waals surface area contributed by atoms with Gasteiger partial charge >= 0.3 is 23.6 Å². The molecule has 11 heteroatoms. The van der Waals surface area contributed by atoms with Gasteiger partial charge in [0.25, 0.3) is 0 Å². The van der Waals surface area contributed by atoms with Gasteiger partial charge in [0.15, 0.2) is 17.9 Å². The van der Waals surface area contributed by atoms with Gasteiger partial charge in [0, 0.05) is 6.20 Å². The fourth-order valence-electron chi connectivity index (χ4n) is 4.66. The quantitative estimate of drug-likeness (QED) is 0.247. The summed E-state index contributed by atoms with van der Waals surface area (Å²) in [5, 5.41) is 0. The summed E-state index contributed by atoms with van der Waals surface area (Å²) in [6.07, 6.45) is -2.51. The van der Waals surface area contributed by atoms with E-state index < -0.39 is 54.2 Å². The van der Waals surface area contributed by atoms with Crippen molar-refractivity contribution in [3.8, 4) is 0 Å². The number of rotatable bonds is 8. The molecule has 2 N–H and O–H groups in total. The van der Waals surface area contributed by atoms with Crippen LogP contribution in [-0.4, -0.2) is 51.9 Å². The van der Waals surface area contributed by atoms with Crippen LogP contribution < -0.4 is 11.4 Å². The third kappa shape index (κ3) is 5.91. The van der Waals surface area contributed by atoms with Crippen LogP contribution >= 0.6 is 0 Å². The fourth-order valence-corrected chi connectivity index (χ4v) is 4.66. The third-order valence-electron chi connectivity index (χ3n) is 6.75. The van der Waals surface area contributed by atoms with Crippen molar-refractivity contribution in [1.82, 2.24) is 9.55 Å². The van der Waals surface area contributed by atoms with Crippen molar-refractivity contribution in [2.45, 2.75) is 31.0 Å². The molecule has 2 heterocycles. The van der Waals surface area contributed by atoms with Gasteiger partial charge in [-0.3, -0.25) is 4.57 Å². The van der Waals surface area contributed by atoms with Crippen LogP contribution in [0.3, 0.4) is 0 Å². The van der Waals surface area contributed by atoms with Crippen LogP contribution in [0, 0.1) is 0 Å². The van der Waals surface area contributed by atoms with Gasteiger partial charge in [-0.1, -0.05) is 54.6 Å². The maximum Gasteiger partial charge on any atom is 0.351 e. The SMILES string of the molecule is CC1(OC(=O)c2ccccc2)C(n2ccc(N)nc2=O)O[C@H](COC(=O)c2ccccc2)[C@@H]1OC(=O)c1ccccc1. The Kier molecular flexibility index (Phi) is 8.12. The first-order chi connectivity index (χ1) is 20.3. The van der Waals surface area contributed by atoms with Gasteiger partial charge in [-0.05, 0) is 49.4 Å². The third-order valence-corrected chi connectivity index (χ3v) is 6.75. The average molecular weight is 570 g/mol. The highest BCUT2D eigenvalue weighted by Crippen LogP contribution is 2.43. The summed E-state index contributed by atoms with van der Waals surface area (Å²) in [6, 6.07) is 26.0. The van der Waals surface area contributed by atoms with E-state index in [4.69, 9.17) is 24.7 Å². The zero-order valence-electron chi connectivity index (χ0n) is 22.5. The Bertz CT molecular complexity index is 1630. The minimum absolute atomic E-state index is 0.0300. The largest absolute Gasteiger partial charge is 0.459 e. The highest BCUT2D eigenvalue weighted by atomic mass is 16.7. The molecule has 5 rings (SSSR count). The van der Waals surface area contributed by atoms with E-state index in [2.05, 4.69) is 4.98 Å². The number of anilines is 1. The van der Waals surface area contributed by atoms with Crippen LogP contribution in [0.5, 0.6) is 0 Å². The van der Waals surface area contributed by atoms with E-state index in [0.29, 0.717) is 5.56 Å². The molecule has 1 saturated heterocycles. The van der Waals surface area contributed by atoms with Crippen molar-refractivity contribution in [2.24, 2.45) is 0 Å². The number of hydrogen-bond acceptors (Lipinski definition) is 10. The van der Waals surface area contributed by atoms with Gasteiger partial charge in [-0.15, -0.1) is 0 Å². The molecule has 0 spiro atoms. The topological polar surface area (TPSA) is 149 Å². The molecule has 4 aromatic rings. The summed E-state index contributed by atoms with van der Waals surface area (Å²) >= 11 is 0. The number of carbonyl (C=O) groups is 3. The molecule has 1 aliphatic rings. The number of ether oxygens (including phenoxy) is 4. The van der Waals surface area contributed by atoms with Crippen LogP contribution in [0.1, 0.15) is 44.2 Å². The van der Waals surface area contributed by atoms with E-state index in [9.17, 15) is 19.2 Å². The molecule has 1 aliphatic heterocycles. The second kappa shape index (κ2) is 12.1. The maximum atomic E-state index is 13.4.